The Labute approximate surface area is 97.3 Å². The number of ether oxygens (including phenoxy) is 1. The Balaban J connectivity index is 1.93. The van der Waals surface area contributed by atoms with Gasteiger partial charge in [-0.3, -0.25) is 4.79 Å². The summed E-state index contributed by atoms with van der Waals surface area (Å²) in [6, 6.07) is 0.273. The van der Waals surface area contributed by atoms with Gasteiger partial charge in [0.2, 0.25) is 5.91 Å². The van der Waals surface area contributed by atoms with Gasteiger partial charge in [0.1, 0.15) is 0 Å². The molecule has 0 aromatic carbocycles. The predicted molar refractivity (Wildman–Crippen MR) is 62.3 cm³/mol. The number of nitrogens with one attached hydrogen (secondary N) is 1. The minimum absolute atomic E-state index is 0.0445. The molecule has 2 rings (SSSR count). The second-order valence-electron chi connectivity index (χ2n) is 4.81. The van der Waals surface area contributed by atoms with Crippen LogP contribution in [0.25, 0.3) is 0 Å². The van der Waals surface area contributed by atoms with Gasteiger partial charge in [-0.2, -0.15) is 0 Å². The molecule has 2 heterocycles. The fraction of sp³-hybridized carbons (Fsp3) is 0.917. The van der Waals surface area contributed by atoms with Crippen molar-refractivity contribution >= 4 is 5.91 Å². The van der Waals surface area contributed by atoms with E-state index < -0.39 is 0 Å². The third kappa shape index (κ3) is 2.74. The van der Waals surface area contributed by atoms with Crippen LogP contribution in [0, 0.1) is 0 Å². The third-order valence-corrected chi connectivity index (χ3v) is 3.51. The molecular formula is C12H22N2O2. The first-order valence-electron chi connectivity index (χ1n) is 6.40. The molecule has 2 unspecified atom stereocenters. The second kappa shape index (κ2) is 5.64. The van der Waals surface area contributed by atoms with Gasteiger partial charge < -0.3 is 15.0 Å². The zero-order valence-electron chi connectivity index (χ0n) is 10.1. The zero-order chi connectivity index (χ0) is 11.4. The minimum Gasteiger partial charge on any atom is -0.377 e. The second-order valence-corrected chi connectivity index (χ2v) is 4.81. The highest BCUT2D eigenvalue weighted by atomic mass is 16.5. The van der Waals surface area contributed by atoms with E-state index in [0.29, 0.717) is 13.2 Å². The SMILES string of the molecule is CC1COCCN1C(=O)C1CCCCCN1. The van der Waals surface area contributed by atoms with Crippen LogP contribution < -0.4 is 5.32 Å². The Hall–Kier alpha value is -0.610. The van der Waals surface area contributed by atoms with Crippen molar-refractivity contribution in [2.24, 2.45) is 0 Å². The molecule has 0 aromatic rings. The summed E-state index contributed by atoms with van der Waals surface area (Å²) >= 11 is 0. The first-order valence-corrected chi connectivity index (χ1v) is 6.40. The molecule has 4 nitrogen and oxygen atoms in total. The van der Waals surface area contributed by atoms with Crippen LogP contribution in [0.3, 0.4) is 0 Å². The molecule has 1 N–H and O–H groups in total. The molecule has 2 aliphatic rings. The Morgan fingerprint density at radius 3 is 3.06 bits per heavy atom. The summed E-state index contributed by atoms with van der Waals surface area (Å²) in [5, 5.41) is 3.37. The van der Waals surface area contributed by atoms with E-state index in [4.69, 9.17) is 4.74 Å². The summed E-state index contributed by atoms with van der Waals surface area (Å²) < 4.78 is 5.36. The van der Waals surface area contributed by atoms with E-state index in [-0.39, 0.29) is 18.0 Å². The van der Waals surface area contributed by atoms with Gasteiger partial charge in [0, 0.05) is 6.54 Å². The number of carbonyl (C=O) groups is 1. The number of hydrogen-bond acceptors (Lipinski definition) is 3. The van der Waals surface area contributed by atoms with Crippen LogP contribution in [-0.2, 0) is 9.53 Å². The molecule has 0 radical (unpaired) electrons. The maximum atomic E-state index is 12.3. The topological polar surface area (TPSA) is 41.6 Å². The van der Waals surface area contributed by atoms with Gasteiger partial charge >= 0.3 is 0 Å². The molecular weight excluding hydrogens is 204 g/mol. The molecule has 0 saturated carbocycles. The van der Waals surface area contributed by atoms with Gasteiger partial charge in [0.15, 0.2) is 0 Å². The molecule has 2 atom stereocenters. The van der Waals surface area contributed by atoms with E-state index in [1.807, 2.05) is 4.90 Å². The lowest BCUT2D eigenvalue weighted by molar-refractivity contribution is -0.141. The number of carbonyl (C=O) groups excluding carboxylic acids is 1. The fourth-order valence-corrected chi connectivity index (χ4v) is 2.49. The van der Waals surface area contributed by atoms with Crippen LogP contribution in [0.1, 0.15) is 32.6 Å². The Kier molecular flexibility index (Phi) is 4.18. The van der Waals surface area contributed by atoms with Crippen LogP contribution in [0.2, 0.25) is 0 Å². The zero-order valence-corrected chi connectivity index (χ0v) is 10.1. The molecule has 0 aromatic heterocycles. The van der Waals surface area contributed by atoms with E-state index in [2.05, 4.69) is 12.2 Å². The van der Waals surface area contributed by atoms with E-state index in [1.165, 1.54) is 19.3 Å². The molecule has 1 amide bonds. The average molecular weight is 226 g/mol. The maximum absolute atomic E-state index is 12.3. The number of nitrogens with zero attached hydrogens (tertiary/aromatic N) is 1. The lowest BCUT2D eigenvalue weighted by Crippen LogP contribution is -2.53. The standard InChI is InChI=1S/C12H22N2O2/c1-10-9-16-8-7-14(10)12(15)11-5-3-2-4-6-13-11/h10-11,13H,2-9H2,1H3. The number of hydrogen-bond donors (Lipinski definition) is 1. The lowest BCUT2D eigenvalue weighted by atomic mass is 10.1. The van der Waals surface area contributed by atoms with Crippen LogP contribution in [-0.4, -0.2) is 49.2 Å². The first-order chi connectivity index (χ1) is 7.79. The Morgan fingerprint density at radius 2 is 2.25 bits per heavy atom. The van der Waals surface area contributed by atoms with E-state index in [9.17, 15) is 4.79 Å². The quantitative estimate of drug-likeness (QED) is 0.718. The van der Waals surface area contributed by atoms with Gasteiger partial charge in [-0.1, -0.05) is 12.8 Å². The number of amides is 1. The van der Waals surface area contributed by atoms with Crippen molar-refractivity contribution in [1.29, 1.82) is 0 Å². The van der Waals surface area contributed by atoms with Gasteiger partial charge in [0.05, 0.1) is 25.3 Å². The molecule has 4 heteroatoms. The van der Waals surface area contributed by atoms with Gasteiger partial charge in [-0.05, 0) is 26.3 Å². The van der Waals surface area contributed by atoms with Gasteiger partial charge in [-0.15, -0.1) is 0 Å². The first kappa shape index (κ1) is 11.9. The summed E-state index contributed by atoms with van der Waals surface area (Å²) in [6.45, 7) is 5.16. The number of rotatable bonds is 1. The predicted octanol–water partition coefficient (Wildman–Crippen LogP) is 0.766. The molecule has 0 aliphatic carbocycles. The molecule has 0 spiro atoms. The Bertz CT molecular complexity index is 237. The molecule has 92 valence electrons. The fourth-order valence-electron chi connectivity index (χ4n) is 2.49. The molecule has 16 heavy (non-hydrogen) atoms. The van der Waals surface area contributed by atoms with Crippen molar-refractivity contribution < 1.29 is 9.53 Å². The smallest absolute Gasteiger partial charge is 0.240 e. The maximum Gasteiger partial charge on any atom is 0.240 e. The van der Waals surface area contributed by atoms with Gasteiger partial charge in [0.25, 0.3) is 0 Å². The van der Waals surface area contributed by atoms with Crippen molar-refractivity contribution in [3.05, 3.63) is 0 Å². The summed E-state index contributed by atoms with van der Waals surface area (Å²) in [5.74, 6) is 0.276. The lowest BCUT2D eigenvalue weighted by Gasteiger charge is -2.35. The van der Waals surface area contributed by atoms with Crippen LogP contribution >= 0.6 is 0 Å². The third-order valence-electron chi connectivity index (χ3n) is 3.51. The van der Waals surface area contributed by atoms with Crippen molar-refractivity contribution in [2.75, 3.05) is 26.3 Å². The largest absolute Gasteiger partial charge is 0.377 e. The van der Waals surface area contributed by atoms with Gasteiger partial charge in [-0.25, -0.2) is 0 Å². The van der Waals surface area contributed by atoms with Crippen LogP contribution in [0.4, 0.5) is 0 Å². The van der Waals surface area contributed by atoms with Crippen molar-refractivity contribution in [2.45, 2.75) is 44.7 Å². The summed E-state index contributed by atoms with van der Waals surface area (Å²) in [6.07, 6.45) is 4.60. The monoisotopic (exact) mass is 226 g/mol. The van der Waals surface area contributed by atoms with Crippen LogP contribution in [0.5, 0.6) is 0 Å². The summed E-state index contributed by atoms with van der Waals surface area (Å²) in [5.41, 5.74) is 0. The number of morpholine rings is 1. The van der Waals surface area contributed by atoms with E-state index >= 15 is 0 Å². The van der Waals surface area contributed by atoms with E-state index in [0.717, 1.165) is 19.5 Å². The highest BCUT2D eigenvalue weighted by molar-refractivity contribution is 5.82. The van der Waals surface area contributed by atoms with E-state index in [1.54, 1.807) is 0 Å². The highest BCUT2D eigenvalue weighted by Crippen LogP contribution is 2.14. The molecule has 2 aliphatic heterocycles. The normalized spacial score (nSPS) is 32.2. The van der Waals surface area contributed by atoms with Crippen molar-refractivity contribution in [1.82, 2.24) is 10.2 Å². The van der Waals surface area contributed by atoms with Crippen molar-refractivity contribution in [3.63, 3.8) is 0 Å². The Morgan fingerprint density at radius 1 is 1.38 bits per heavy atom. The summed E-state index contributed by atoms with van der Waals surface area (Å²) in [4.78, 5) is 14.3. The molecule has 2 fully saturated rings. The summed E-state index contributed by atoms with van der Waals surface area (Å²) in [7, 11) is 0. The highest BCUT2D eigenvalue weighted by Gasteiger charge is 2.29. The van der Waals surface area contributed by atoms with Crippen LogP contribution in [0.15, 0.2) is 0 Å². The van der Waals surface area contributed by atoms with Crippen molar-refractivity contribution in [3.8, 4) is 0 Å². The minimum atomic E-state index is 0.0445. The molecule has 0 bridgehead atoms. The molecule has 2 saturated heterocycles. The average Bonchev–Trinajstić information content (AvgIpc) is 2.57.